The molecule has 0 saturated heterocycles. The van der Waals surface area contributed by atoms with Crippen molar-refractivity contribution in [3.63, 3.8) is 0 Å². The van der Waals surface area contributed by atoms with Crippen LogP contribution >= 0.6 is 11.6 Å². The number of aryl methyl sites for hydroxylation is 1. The third kappa shape index (κ3) is 3.91. The Hall–Kier alpha value is -2.59. The minimum Gasteiger partial charge on any atom is -0.348 e. The van der Waals surface area contributed by atoms with Crippen LogP contribution in [0.2, 0.25) is 5.02 Å². The molecule has 0 fully saturated rings. The van der Waals surface area contributed by atoms with E-state index in [9.17, 15) is 4.79 Å². The minimum atomic E-state index is -0.129. The van der Waals surface area contributed by atoms with Gasteiger partial charge < -0.3 is 5.32 Å². The van der Waals surface area contributed by atoms with Gasteiger partial charge in [0, 0.05) is 11.6 Å². The van der Waals surface area contributed by atoms with Crippen molar-refractivity contribution in [2.45, 2.75) is 26.8 Å². The first-order chi connectivity index (χ1) is 12.1. The molecule has 1 amide bonds. The molecular formula is C20H20ClN3O. The van der Waals surface area contributed by atoms with E-state index >= 15 is 0 Å². The van der Waals surface area contributed by atoms with Crippen molar-refractivity contribution in [2.75, 3.05) is 0 Å². The van der Waals surface area contributed by atoms with E-state index in [0.717, 1.165) is 16.9 Å². The van der Waals surface area contributed by atoms with Crippen LogP contribution < -0.4 is 5.32 Å². The number of halogens is 1. The molecule has 0 spiro atoms. The van der Waals surface area contributed by atoms with Gasteiger partial charge in [-0.1, -0.05) is 48.4 Å². The summed E-state index contributed by atoms with van der Waals surface area (Å²) in [6.45, 7) is 4.50. The molecule has 0 unspecified atom stereocenters. The highest BCUT2D eigenvalue weighted by molar-refractivity contribution is 6.30. The third-order valence-corrected chi connectivity index (χ3v) is 4.30. The lowest BCUT2D eigenvalue weighted by molar-refractivity contribution is 0.0950. The van der Waals surface area contributed by atoms with Crippen LogP contribution in [0.3, 0.4) is 0 Å². The number of carbonyl (C=O) groups excluding carboxylic acids is 1. The Morgan fingerprint density at radius 3 is 2.64 bits per heavy atom. The first-order valence-corrected chi connectivity index (χ1v) is 8.63. The van der Waals surface area contributed by atoms with Crippen LogP contribution in [0.4, 0.5) is 0 Å². The second-order valence-corrected chi connectivity index (χ2v) is 6.35. The largest absolute Gasteiger partial charge is 0.348 e. The quantitative estimate of drug-likeness (QED) is 0.742. The van der Waals surface area contributed by atoms with Crippen LogP contribution in [0.1, 0.15) is 34.1 Å². The molecule has 128 valence electrons. The minimum absolute atomic E-state index is 0.129. The van der Waals surface area contributed by atoms with E-state index in [1.165, 1.54) is 5.56 Å². The number of amides is 1. The molecule has 25 heavy (non-hydrogen) atoms. The smallest absolute Gasteiger partial charge is 0.255 e. The van der Waals surface area contributed by atoms with Crippen LogP contribution in [0, 0.1) is 6.92 Å². The maximum Gasteiger partial charge on any atom is 0.255 e. The van der Waals surface area contributed by atoms with E-state index in [2.05, 4.69) is 10.4 Å². The Balaban J connectivity index is 1.80. The van der Waals surface area contributed by atoms with Gasteiger partial charge in [-0.15, -0.1) is 0 Å². The van der Waals surface area contributed by atoms with Gasteiger partial charge in [0.05, 0.1) is 23.1 Å². The average molecular weight is 354 g/mol. The number of nitrogens with one attached hydrogen (secondary N) is 1. The zero-order valence-electron chi connectivity index (χ0n) is 14.3. The molecule has 5 heteroatoms. The Bertz CT molecular complexity index is 884. The zero-order chi connectivity index (χ0) is 17.8. The number of hydrogen-bond acceptors (Lipinski definition) is 2. The van der Waals surface area contributed by atoms with Crippen LogP contribution in [0.15, 0.2) is 54.7 Å². The molecular weight excluding hydrogens is 334 g/mol. The van der Waals surface area contributed by atoms with Crippen molar-refractivity contribution in [1.29, 1.82) is 0 Å². The van der Waals surface area contributed by atoms with E-state index in [1.54, 1.807) is 6.20 Å². The summed E-state index contributed by atoms with van der Waals surface area (Å²) in [5, 5.41) is 8.01. The fraction of sp³-hybridized carbons (Fsp3) is 0.200. The lowest BCUT2D eigenvalue weighted by Gasteiger charge is -2.09. The normalized spacial score (nSPS) is 10.7. The predicted octanol–water partition coefficient (Wildman–Crippen LogP) is 4.33. The van der Waals surface area contributed by atoms with Crippen LogP contribution in [0.25, 0.3) is 5.69 Å². The van der Waals surface area contributed by atoms with Crippen molar-refractivity contribution >= 4 is 17.5 Å². The Morgan fingerprint density at radius 2 is 1.96 bits per heavy atom. The lowest BCUT2D eigenvalue weighted by atomic mass is 10.1. The van der Waals surface area contributed by atoms with Gasteiger partial charge in [0.2, 0.25) is 0 Å². The van der Waals surface area contributed by atoms with Gasteiger partial charge in [0.15, 0.2) is 0 Å². The summed E-state index contributed by atoms with van der Waals surface area (Å²) in [6.07, 6.45) is 2.35. The zero-order valence-corrected chi connectivity index (χ0v) is 15.0. The molecule has 1 heterocycles. The van der Waals surface area contributed by atoms with Crippen molar-refractivity contribution in [1.82, 2.24) is 15.1 Å². The summed E-state index contributed by atoms with van der Waals surface area (Å²) in [5.41, 5.74) is 4.60. The molecule has 3 rings (SSSR count). The molecule has 1 N–H and O–H groups in total. The third-order valence-electron chi connectivity index (χ3n) is 4.07. The highest BCUT2D eigenvalue weighted by atomic mass is 35.5. The summed E-state index contributed by atoms with van der Waals surface area (Å²) in [5.74, 6) is -0.129. The summed E-state index contributed by atoms with van der Waals surface area (Å²) < 4.78 is 1.83. The molecule has 0 saturated carbocycles. The molecule has 0 bridgehead atoms. The highest BCUT2D eigenvalue weighted by Crippen LogP contribution is 2.17. The average Bonchev–Trinajstić information content (AvgIpc) is 3.04. The lowest BCUT2D eigenvalue weighted by Crippen LogP contribution is -2.23. The van der Waals surface area contributed by atoms with Gasteiger partial charge in [-0.05, 0) is 43.2 Å². The molecule has 3 aromatic rings. The summed E-state index contributed by atoms with van der Waals surface area (Å²) in [7, 11) is 0. The van der Waals surface area contributed by atoms with Gasteiger partial charge >= 0.3 is 0 Å². The van der Waals surface area contributed by atoms with Crippen molar-refractivity contribution in [3.8, 4) is 5.69 Å². The van der Waals surface area contributed by atoms with Gasteiger partial charge in [-0.25, -0.2) is 4.68 Å². The van der Waals surface area contributed by atoms with E-state index in [-0.39, 0.29) is 5.91 Å². The molecule has 0 radical (unpaired) electrons. The van der Waals surface area contributed by atoms with E-state index in [1.807, 2.05) is 67.1 Å². The predicted molar refractivity (Wildman–Crippen MR) is 100 cm³/mol. The number of hydrogen-bond donors (Lipinski definition) is 1. The molecule has 0 aliphatic heterocycles. The van der Waals surface area contributed by atoms with E-state index in [0.29, 0.717) is 23.6 Å². The summed E-state index contributed by atoms with van der Waals surface area (Å²) in [6, 6.07) is 15.6. The summed E-state index contributed by atoms with van der Waals surface area (Å²) in [4.78, 5) is 12.6. The van der Waals surface area contributed by atoms with E-state index in [4.69, 9.17) is 11.6 Å². The second-order valence-electron chi connectivity index (χ2n) is 5.92. The maximum atomic E-state index is 12.6. The van der Waals surface area contributed by atoms with Crippen LogP contribution in [-0.4, -0.2) is 15.7 Å². The molecule has 0 aliphatic carbocycles. The van der Waals surface area contributed by atoms with Crippen molar-refractivity contribution in [3.05, 3.63) is 82.1 Å². The highest BCUT2D eigenvalue weighted by Gasteiger charge is 2.17. The van der Waals surface area contributed by atoms with Gasteiger partial charge in [0.25, 0.3) is 5.91 Å². The Kier molecular flexibility index (Phi) is 5.19. The first-order valence-electron chi connectivity index (χ1n) is 8.25. The van der Waals surface area contributed by atoms with Crippen LogP contribution in [0.5, 0.6) is 0 Å². The monoisotopic (exact) mass is 353 g/mol. The fourth-order valence-electron chi connectivity index (χ4n) is 2.74. The van der Waals surface area contributed by atoms with Crippen molar-refractivity contribution in [2.24, 2.45) is 0 Å². The van der Waals surface area contributed by atoms with E-state index < -0.39 is 0 Å². The fourth-order valence-corrected chi connectivity index (χ4v) is 2.95. The number of rotatable bonds is 5. The van der Waals surface area contributed by atoms with Crippen LogP contribution in [-0.2, 0) is 13.0 Å². The second kappa shape index (κ2) is 7.53. The molecule has 0 aliphatic rings. The molecule has 4 nitrogen and oxygen atoms in total. The Labute approximate surface area is 152 Å². The van der Waals surface area contributed by atoms with Crippen molar-refractivity contribution < 1.29 is 4.79 Å². The number of aromatic nitrogens is 2. The van der Waals surface area contributed by atoms with Gasteiger partial charge in [-0.3, -0.25) is 4.79 Å². The molecule has 2 aromatic carbocycles. The molecule has 1 aromatic heterocycles. The van der Waals surface area contributed by atoms with Gasteiger partial charge in [-0.2, -0.15) is 5.10 Å². The number of benzene rings is 2. The standard InChI is InChI=1S/C20H20ClN3O/c1-3-19-18(13-23-24(19)17-9-7-14(2)8-10-17)20(25)22-12-15-5-4-6-16(21)11-15/h4-11,13H,3,12H2,1-2H3,(H,22,25). The van der Waals surface area contributed by atoms with Gasteiger partial charge in [0.1, 0.15) is 0 Å². The summed E-state index contributed by atoms with van der Waals surface area (Å²) >= 11 is 5.98. The first kappa shape index (κ1) is 17.2. The topological polar surface area (TPSA) is 46.9 Å². The SMILES string of the molecule is CCc1c(C(=O)NCc2cccc(Cl)c2)cnn1-c1ccc(C)cc1. The number of carbonyl (C=O) groups is 1. The maximum absolute atomic E-state index is 12.6. The Morgan fingerprint density at radius 1 is 1.20 bits per heavy atom. The molecule has 0 atom stereocenters. The number of nitrogens with zero attached hydrogens (tertiary/aromatic N) is 2.